The fraction of sp³-hybridized carbons (Fsp3) is 0.400. The predicted molar refractivity (Wildman–Crippen MR) is 64.8 cm³/mol. The second-order valence-electron chi connectivity index (χ2n) is 4.10. The maximum Gasteiger partial charge on any atom is 0.307 e. The topological polar surface area (TPSA) is 67.3 Å². The zero-order valence-electron chi connectivity index (χ0n) is 9.43. The Labute approximate surface area is 109 Å². The summed E-state index contributed by atoms with van der Waals surface area (Å²) in [7, 11) is -4.71. The molecule has 2 rings (SSSR count). The maximum atomic E-state index is 12.9. The van der Waals surface area contributed by atoms with Crippen LogP contribution in [0, 0.1) is 6.92 Å². The summed E-state index contributed by atoms with van der Waals surface area (Å²) >= 11 is 5.69. The lowest BCUT2D eigenvalue weighted by molar-refractivity contribution is -0.117. The number of pyridine rings is 1. The van der Waals surface area contributed by atoms with Crippen molar-refractivity contribution in [3.05, 3.63) is 23.0 Å². The number of amides is 1. The van der Waals surface area contributed by atoms with Crippen molar-refractivity contribution in [2.75, 3.05) is 11.4 Å². The molecule has 18 heavy (non-hydrogen) atoms. The largest absolute Gasteiger partial charge is 0.309 e. The number of anilines is 1. The van der Waals surface area contributed by atoms with E-state index in [1.807, 2.05) is 0 Å². The first-order valence-corrected chi connectivity index (χ1v) is 6.97. The van der Waals surface area contributed by atoms with Crippen molar-refractivity contribution in [3.63, 3.8) is 0 Å². The summed E-state index contributed by atoms with van der Waals surface area (Å²) in [6, 6.07) is 1.56. The number of nitrogens with zero attached hydrogens (tertiary/aromatic N) is 2. The van der Waals surface area contributed by atoms with Gasteiger partial charge in [-0.3, -0.25) is 4.79 Å². The molecule has 1 aromatic heterocycles. The minimum absolute atomic E-state index is 0.193. The number of hydrogen-bond donors (Lipinski definition) is 0. The van der Waals surface area contributed by atoms with Crippen molar-refractivity contribution < 1.29 is 17.1 Å². The van der Waals surface area contributed by atoms with Crippen LogP contribution >= 0.6 is 11.6 Å². The molecule has 1 fully saturated rings. The van der Waals surface area contributed by atoms with Crippen molar-refractivity contribution in [2.45, 2.75) is 18.6 Å². The van der Waals surface area contributed by atoms with Crippen LogP contribution in [0.3, 0.4) is 0 Å². The highest BCUT2D eigenvalue weighted by molar-refractivity contribution is 7.87. The number of hydrogen-bond acceptors (Lipinski definition) is 4. The van der Waals surface area contributed by atoms with Gasteiger partial charge >= 0.3 is 10.2 Å². The fourth-order valence-electron chi connectivity index (χ4n) is 1.89. The third-order valence-corrected chi connectivity index (χ3v) is 4.15. The molecule has 0 N–H and O–H groups in total. The van der Waals surface area contributed by atoms with Crippen LogP contribution in [0.25, 0.3) is 0 Å². The van der Waals surface area contributed by atoms with E-state index in [4.69, 9.17) is 11.6 Å². The van der Waals surface area contributed by atoms with Crippen LogP contribution in [-0.4, -0.2) is 31.1 Å². The van der Waals surface area contributed by atoms with Gasteiger partial charge in [0.1, 0.15) is 10.4 Å². The first kappa shape index (κ1) is 13.2. The SMILES string of the molecule is Cc1cc(Cl)ncc1N1CC(S(=O)(=O)F)CC1=O. The van der Waals surface area contributed by atoms with Gasteiger partial charge in [0.15, 0.2) is 0 Å². The van der Waals surface area contributed by atoms with Gasteiger partial charge in [-0.05, 0) is 18.6 Å². The standard InChI is InChI=1S/C10H10ClFN2O3S/c1-6-2-9(11)13-4-8(6)14-5-7(3-10(14)15)18(12,16)17/h2,4,7H,3,5H2,1H3. The van der Waals surface area contributed by atoms with Crippen LogP contribution in [-0.2, 0) is 15.0 Å². The normalized spacial score (nSPS) is 20.5. The van der Waals surface area contributed by atoms with E-state index in [0.29, 0.717) is 11.3 Å². The van der Waals surface area contributed by atoms with Gasteiger partial charge in [0, 0.05) is 13.0 Å². The molecule has 1 saturated heterocycles. The molecular formula is C10H10ClFN2O3S. The second-order valence-corrected chi connectivity index (χ2v) is 6.10. The van der Waals surface area contributed by atoms with E-state index in [1.54, 1.807) is 13.0 Å². The van der Waals surface area contributed by atoms with Crippen molar-refractivity contribution in [3.8, 4) is 0 Å². The molecule has 98 valence electrons. The number of carbonyl (C=O) groups excluding carboxylic acids is 1. The molecule has 0 saturated carbocycles. The zero-order chi connectivity index (χ0) is 13.5. The Morgan fingerprint density at radius 2 is 2.22 bits per heavy atom. The van der Waals surface area contributed by atoms with Gasteiger partial charge in [-0.15, -0.1) is 3.89 Å². The molecular weight excluding hydrogens is 283 g/mol. The zero-order valence-corrected chi connectivity index (χ0v) is 11.0. The molecule has 1 aliphatic heterocycles. The number of aromatic nitrogens is 1. The molecule has 8 heteroatoms. The highest BCUT2D eigenvalue weighted by atomic mass is 35.5. The monoisotopic (exact) mass is 292 g/mol. The third kappa shape index (κ3) is 2.46. The quantitative estimate of drug-likeness (QED) is 0.611. The molecule has 1 atom stereocenters. The molecule has 1 amide bonds. The van der Waals surface area contributed by atoms with E-state index in [0.717, 1.165) is 0 Å². The second kappa shape index (κ2) is 4.47. The van der Waals surface area contributed by atoms with Crippen LogP contribution in [0.4, 0.5) is 9.57 Å². The summed E-state index contributed by atoms with van der Waals surface area (Å²) in [4.78, 5) is 16.8. The van der Waals surface area contributed by atoms with Gasteiger partial charge in [0.05, 0.1) is 11.9 Å². The van der Waals surface area contributed by atoms with E-state index in [1.165, 1.54) is 11.1 Å². The van der Waals surface area contributed by atoms with Gasteiger partial charge in [0.25, 0.3) is 0 Å². The molecule has 5 nitrogen and oxygen atoms in total. The molecule has 0 radical (unpaired) electrons. The first-order chi connectivity index (χ1) is 8.29. The molecule has 0 aliphatic carbocycles. The molecule has 0 aromatic carbocycles. The summed E-state index contributed by atoms with van der Waals surface area (Å²) in [5, 5.41) is -1.03. The van der Waals surface area contributed by atoms with Crippen LogP contribution in [0.5, 0.6) is 0 Å². The highest BCUT2D eigenvalue weighted by Gasteiger charge is 2.39. The minimum Gasteiger partial charge on any atom is -0.309 e. The Hall–Kier alpha value is -1.21. The lowest BCUT2D eigenvalue weighted by Crippen LogP contribution is -2.27. The smallest absolute Gasteiger partial charge is 0.307 e. The van der Waals surface area contributed by atoms with Gasteiger partial charge in [-0.2, -0.15) is 8.42 Å². The number of rotatable bonds is 2. The fourth-order valence-corrected chi connectivity index (χ4v) is 2.77. The van der Waals surface area contributed by atoms with Crippen LogP contribution in [0.15, 0.2) is 12.3 Å². The van der Waals surface area contributed by atoms with Crippen molar-refractivity contribution in [1.29, 1.82) is 0 Å². The van der Waals surface area contributed by atoms with Gasteiger partial charge < -0.3 is 4.90 Å². The Bertz CT molecular complexity index is 605. The summed E-state index contributed by atoms with van der Waals surface area (Å²) in [5.41, 5.74) is 1.14. The highest BCUT2D eigenvalue weighted by Crippen LogP contribution is 2.28. The van der Waals surface area contributed by atoms with E-state index in [2.05, 4.69) is 4.98 Å². The Morgan fingerprint density at radius 3 is 2.72 bits per heavy atom. The third-order valence-electron chi connectivity index (χ3n) is 2.83. The molecule has 1 aromatic rings. The minimum atomic E-state index is -4.71. The average molecular weight is 293 g/mol. The molecule has 0 bridgehead atoms. The predicted octanol–water partition coefficient (Wildman–Crippen LogP) is 1.45. The Balaban J connectivity index is 2.33. The van der Waals surface area contributed by atoms with Crippen LogP contribution in [0.2, 0.25) is 5.15 Å². The van der Waals surface area contributed by atoms with E-state index < -0.39 is 21.4 Å². The summed E-state index contributed by atoms with van der Waals surface area (Å²) < 4.78 is 34.5. The van der Waals surface area contributed by atoms with Gasteiger partial charge in [-0.1, -0.05) is 11.6 Å². The Kier molecular flexibility index (Phi) is 3.29. The van der Waals surface area contributed by atoms with Crippen LogP contribution < -0.4 is 4.90 Å². The number of halogens is 2. The van der Waals surface area contributed by atoms with Crippen molar-refractivity contribution in [2.24, 2.45) is 0 Å². The average Bonchev–Trinajstić information content (AvgIpc) is 2.60. The molecule has 1 aliphatic rings. The Morgan fingerprint density at radius 1 is 1.56 bits per heavy atom. The molecule has 2 heterocycles. The van der Waals surface area contributed by atoms with E-state index in [9.17, 15) is 17.1 Å². The van der Waals surface area contributed by atoms with Gasteiger partial charge in [0.2, 0.25) is 5.91 Å². The summed E-state index contributed by atoms with van der Waals surface area (Å²) in [5.74, 6) is -0.437. The van der Waals surface area contributed by atoms with Crippen molar-refractivity contribution >= 4 is 33.4 Å². The first-order valence-electron chi connectivity index (χ1n) is 5.15. The number of carbonyl (C=O) groups is 1. The molecule has 1 unspecified atom stereocenters. The van der Waals surface area contributed by atoms with E-state index in [-0.39, 0.29) is 18.1 Å². The molecule has 0 spiro atoms. The maximum absolute atomic E-state index is 12.9. The lowest BCUT2D eigenvalue weighted by Gasteiger charge is -2.18. The number of aryl methyl sites for hydroxylation is 1. The van der Waals surface area contributed by atoms with Gasteiger partial charge in [-0.25, -0.2) is 4.98 Å². The van der Waals surface area contributed by atoms with E-state index >= 15 is 0 Å². The lowest BCUT2D eigenvalue weighted by atomic mass is 10.2. The summed E-state index contributed by atoms with van der Waals surface area (Å²) in [6.07, 6.45) is 1.03. The van der Waals surface area contributed by atoms with Crippen LogP contribution in [0.1, 0.15) is 12.0 Å². The summed E-state index contributed by atoms with van der Waals surface area (Å²) in [6.45, 7) is 1.52. The van der Waals surface area contributed by atoms with Crippen molar-refractivity contribution in [1.82, 2.24) is 4.98 Å².